The minimum atomic E-state index is -0.130. The van der Waals surface area contributed by atoms with Crippen molar-refractivity contribution in [1.82, 2.24) is 5.32 Å². The molecule has 0 spiro atoms. The second-order valence-corrected chi connectivity index (χ2v) is 6.96. The standard InChI is InChI=1S/C18H25NO4/c1-2-21-14-8-7-13(23-14)18(20)19-16-12-9-10-22-17(12)15(16)11-5-3-4-6-11/h7-8,11-12,15-17H,2-6,9-10H2,1H3,(H,19,20)/t12-,15+,16+,17-/m0/s1. The molecule has 0 radical (unpaired) electrons. The number of carbonyl (C=O) groups excluding carboxylic acids is 1. The number of ether oxygens (including phenoxy) is 2. The topological polar surface area (TPSA) is 60.7 Å². The lowest BCUT2D eigenvalue weighted by Gasteiger charge is -2.50. The second-order valence-electron chi connectivity index (χ2n) is 6.96. The highest BCUT2D eigenvalue weighted by atomic mass is 16.6. The van der Waals surface area contributed by atoms with Gasteiger partial charge < -0.3 is 19.2 Å². The van der Waals surface area contributed by atoms with E-state index in [1.165, 1.54) is 25.7 Å². The number of amides is 1. The number of hydrogen-bond donors (Lipinski definition) is 1. The van der Waals surface area contributed by atoms with Crippen LogP contribution in [0, 0.1) is 17.8 Å². The van der Waals surface area contributed by atoms with E-state index < -0.39 is 0 Å². The summed E-state index contributed by atoms with van der Waals surface area (Å²) in [6.07, 6.45) is 6.60. The van der Waals surface area contributed by atoms with Crippen molar-refractivity contribution in [2.24, 2.45) is 17.8 Å². The molecule has 3 fully saturated rings. The van der Waals surface area contributed by atoms with E-state index in [0.717, 1.165) is 13.0 Å². The van der Waals surface area contributed by atoms with Gasteiger partial charge in [-0.15, -0.1) is 0 Å². The number of nitrogens with one attached hydrogen (secondary N) is 1. The van der Waals surface area contributed by atoms with Crippen LogP contribution in [0.3, 0.4) is 0 Å². The highest BCUT2D eigenvalue weighted by Crippen LogP contribution is 2.51. The van der Waals surface area contributed by atoms with Crippen LogP contribution in [-0.4, -0.2) is 31.3 Å². The first-order valence-corrected chi connectivity index (χ1v) is 8.93. The lowest BCUT2D eigenvalue weighted by atomic mass is 9.61. The van der Waals surface area contributed by atoms with Crippen LogP contribution in [0.5, 0.6) is 5.95 Å². The molecule has 3 aliphatic rings. The lowest BCUT2D eigenvalue weighted by Crippen LogP contribution is -2.63. The molecule has 4 rings (SSSR count). The molecular weight excluding hydrogens is 294 g/mol. The van der Waals surface area contributed by atoms with Gasteiger partial charge in [0.15, 0.2) is 5.76 Å². The summed E-state index contributed by atoms with van der Waals surface area (Å²) in [4.78, 5) is 12.5. The monoisotopic (exact) mass is 319 g/mol. The van der Waals surface area contributed by atoms with E-state index in [1.807, 2.05) is 6.92 Å². The third kappa shape index (κ3) is 2.65. The third-order valence-corrected chi connectivity index (χ3v) is 5.77. The highest BCUT2D eigenvalue weighted by molar-refractivity contribution is 5.92. The fourth-order valence-corrected chi connectivity index (χ4v) is 4.74. The second kappa shape index (κ2) is 6.19. The van der Waals surface area contributed by atoms with E-state index in [0.29, 0.717) is 42.2 Å². The summed E-state index contributed by atoms with van der Waals surface area (Å²) < 4.78 is 16.7. The number of rotatable bonds is 5. The van der Waals surface area contributed by atoms with E-state index in [2.05, 4.69) is 5.32 Å². The summed E-state index contributed by atoms with van der Waals surface area (Å²) in [7, 11) is 0. The average Bonchev–Trinajstić information content (AvgIpc) is 3.26. The number of furan rings is 1. The van der Waals surface area contributed by atoms with Crippen LogP contribution in [0.25, 0.3) is 0 Å². The zero-order chi connectivity index (χ0) is 15.8. The van der Waals surface area contributed by atoms with E-state index in [1.54, 1.807) is 12.1 Å². The number of carbonyl (C=O) groups is 1. The van der Waals surface area contributed by atoms with Gasteiger partial charge in [-0.1, -0.05) is 25.7 Å². The van der Waals surface area contributed by atoms with Crippen molar-refractivity contribution >= 4 is 5.91 Å². The summed E-state index contributed by atoms with van der Waals surface area (Å²) in [5.41, 5.74) is 0. The van der Waals surface area contributed by atoms with Crippen LogP contribution in [0.4, 0.5) is 0 Å². The van der Waals surface area contributed by atoms with Gasteiger partial charge in [-0.2, -0.15) is 0 Å². The first kappa shape index (κ1) is 15.1. The van der Waals surface area contributed by atoms with Crippen molar-refractivity contribution in [3.63, 3.8) is 0 Å². The Hall–Kier alpha value is -1.49. The summed E-state index contributed by atoms with van der Waals surface area (Å²) in [6.45, 7) is 3.26. The maximum absolute atomic E-state index is 12.5. The van der Waals surface area contributed by atoms with Crippen LogP contribution in [0.1, 0.15) is 49.6 Å². The first-order chi connectivity index (χ1) is 11.3. The zero-order valence-electron chi connectivity index (χ0n) is 13.6. The van der Waals surface area contributed by atoms with Gasteiger partial charge >= 0.3 is 0 Å². The van der Waals surface area contributed by atoms with Crippen LogP contribution < -0.4 is 10.1 Å². The molecule has 23 heavy (non-hydrogen) atoms. The lowest BCUT2D eigenvalue weighted by molar-refractivity contribution is -0.0786. The molecule has 5 nitrogen and oxygen atoms in total. The molecule has 0 aromatic carbocycles. The zero-order valence-corrected chi connectivity index (χ0v) is 13.6. The summed E-state index contributed by atoms with van der Waals surface area (Å²) in [5.74, 6) is 2.27. The smallest absolute Gasteiger partial charge is 0.287 e. The van der Waals surface area contributed by atoms with Gasteiger partial charge in [0.1, 0.15) is 0 Å². The maximum Gasteiger partial charge on any atom is 0.287 e. The Morgan fingerprint density at radius 3 is 2.91 bits per heavy atom. The first-order valence-electron chi connectivity index (χ1n) is 8.93. The molecule has 2 aliphatic carbocycles. The van der Waals surface area contributed by atoms with E-state index in [4.69, 9.17) is 13.9 Å². The van der Waals surface area contributed by atoms with Gasteiger partial charge in [0, 0.05) is 30.6 Å². The third-order valence-electron chi connectivity index (χ3n) is 5.77. The van der Waals surface area contributed by atoms with Gasteiger partial charge in [-0.3, -0.25) is 4.79 Å². The molecular formula is C18H25NO4. The molecule has 1 amide bonds. The highest BCUT2D eigenvalue weighted by Gasteiger charge is 2.57. The quantitative estimate of drug-likeness (QED) is 0.906. The summed E-state index contributed by atoms with van der Waals surface area (Å²) in [5, 5.41) is 3.22. The van der Waals surface area contributed by atoms with Crippen molar-refractivity contribution < 1.29 is 18.7 Å². The minimum absolute atomic E-state index is 0.130. The van der Waals surface area contributed by atoms with Crippen LogP contribution in [-0.2, 0) is 4.74 Å². The van der Waals surface area contributed by atoms with Gasteiger partial charge in [0.25, 0.3) is 11.9 Å². The molecule has 2 heterocycles. The largest absolute Gasteiger partial charge is 0.465 e. The Balaban J connectivity index is 1.44. The fourth-order valence-electron chi connectivity index (χ4n) is 4.74. The Bertz CT molecular complexity index is 558. The molecule has 5 heteroatoms. The average molecular weight is 319 g/mol. The Labute approximate surface area is 136 Å². The molecule has 1 aromatic heterocycles. The van der Waals surface area contributed by atoms with E-state index >= 15 is 0 Å². The molecule has 1 saturated heterocycles. The molecule has 1 N–H and O–H groups in total. The normalized spacial score (nSPS) is 33.3. The van der Waals surface area contributed by atoms with Crippen LogP contribution >= 0.6 is 0 Å². The van der Waals surface area contributed by atoms with Crippen molar-refractivity contribution in [2.45, 2.75) is 51.2 Å². The summed E-state index contributed by atoms with van der Waals surface area (Å²) >= 11 is 0. The Morgan fingerprint density at radius 1 is 1.30 bits per heavy atom. The van der Waals surface area contributed by atoms with Gasteiger partial charge in [0.05, 0.1) is 12.7 Å². The Morgan fingerprint density at radius 2 is 2.13 bits per heavy atom. The molecule has 4 atom stereocenters. The molecule has 2 saturated carbocycles. The number of fused-ring (bicyclic) bond motifs is 1. The van der Waals surface area contributed by atoms with Crippen molar-refractivity contribution in [1.29, 1.82) is 0 Å². The van der Waals surface area contributed by atoms with Gasteiger partial charge in [-0.05, 0) is 25.3 Å². The number of hydrogen-bond acceptors (Lipinski definition) is 4. The molecule has 126 valence electrons. The van der Waals surface area contributed by atoms with Crippen LogP contribution in [0.15, 0.2) is 16.5 Å². The van der Waals surface area contributed by atoms with Crippen LogP contribution in [0.2, 0.25) is 0 Å². The predicted octanol–water partition coefficient (Wildman–Crippen LogP) is 3.00. The molecule has 1 aliphatic heterocycles. The molecule has 0 unspecified atom stereocenters. The fraction of sp³-hybridized carbons (Fsp3) is 0.722. The van der Waals surface area contributed by atoms with Crippen molar-refractivity contribution in [2.75, 3.05) is 13.2 Å². The molecule has 1 aromatic rings. The van der Waals surface area contributed by atoms with E-state index in [-0.39, 0.29) is 11.9 Å². The van der Waals surface area contributed by atoms with Gasteiger partial charge in [0.2, 0.25) is 0 Å². The Kier molecular flexibility index (Phi) is 4.05. The van der Waals surface area contributed by atoms with Crippen molar-refractivity contribution in [3.8, 4) is 5.95 Å². The minimum Gasteiger partial charge on any atom is -0.465 e. The van der Waals surface area contributed by atoms with Gasteiger partial charge in [-0.25, -0.2) is 0 Å². The SMILES string of the molecule is CCOc1ccc(C(=O)N[C@@H]2[C@@H]3CCO[C@@H]3[C@@H]2C2CCCC2)o1. The summed E-state index contributed by atoms with van der Waals surface area (Å²) in [6, 6.07) is 3.63. The predicted molar refractivity (Wildman–Crippen MR) is 84.4 cm³/mol. The van der Waals surface area contributed by atoms with E-state index in [9.17, 15) is 4.79 Å². The van der Waals surface area contributed by atoms with Crippen molar-refractivity contribution in [3.05, 3.63) is 17.9 Å². The molecule has 0 bridgehead atoms. The maximum atomic E-state index is 12.5.